The molecule has 108 valence electrons. The van der Waals surface area contributed by atoms with E-state index in [9.17, 15) is 4.79 Å². The molecule has 0 aliphatic carbocycles. The number of ether oxygens (including phenoxy) is 1. The molecule has 3 N–H and O–H groups in total. The van der Waals surface area contributed by atoms with Crippen molar-refractivity contribution in [2.45, 2.75) is 39.3 Å². The van der Waals surface area contributed by atoms with Gasteiger partial charge in [-0.25, -0.2) is 0 Å². The average Bonchev–Trinajstić information content (AvgIpc) is 2.37. The monoisotopic (exact) mass is 286 g/mol. The number of para-hydroxylation sites is 1. The second kappa shape index (κ2) is 8.77. The molecule has 0 aliphatic heterocycles. The lowest BCUT2D eigenvalue weighted by atomic mass is 10.2. The van der Waals surface area contributed by atoms with Crippen LogP contribution in [0.4, 0.5) is 0 Å². The van der Waals surface area contributed by atoms with E-state index < -0.39 is 6.10 Å². The van der Waals surface area contributed by atoms with Gasteiger partial charge in [-0.15, -0.1) is 12.4 Å². The minimum Gasteiger partial charge on any atom is -0.480 e. The molecule has 4 nitrogen and oxygen atoms in total. The summed E-state index contributed by atoms with van der Waals surface area (Å²) in [6.45, 7) is 6.18. The molecular weight excluding hydrogens is 264 g/mol. The van der Waals surface area contributed by atoms with Crippen LogP contribution in [0, 0.1) is 6.92 Å². The summed E-state index contributed by atoms with van der Waals surface area (Å²) in [7, 11) is 0. The van der Waals surface area contributed by atoms with Crippen molar-refractivity contribution < 1.29 is 9.53 Å². The standard InChI is InChI=1S/C14H22N2O2.ClH/c1-4-12(14(17)16-11(3)9-15)18-13-8-6-5-7-10(13)2;/h5-8,11-12H,4,9,15H2,1-3H3,(H,16,17);1H/t11-,12?;/m0./s1. The van der Waals surface area contributed by atoms with Crippen molar-refractivity contribution >= 4 is 18.3 Å². The SMILES string of the molecule is CCC(Oc1ccccc1C)C(=O)N[C@@H](C)CN.Cl. The molecule has 0 saturated carbocycles. The highest BCUT2D eigenvalue weighted by Gasteiger charge is 2.20. The maximum absolute atomic E-state index is 12.0. The van der Waals surface area contributed by atoms with Crippen LogP contribution in [-0.4, -0.2) is 24.6 Å². The normalized spacial score (nSPS) is 13.1. The van der Waals surface area contributed by atoms with Crippen molar-refractivity contribution in [3.8, 4) is 5.75 Å². The maximum Gasteiger partial charge on any atom is 0.261 e. The molecule has 0 fully saturated rings. The van der Waals surface area contributed by atoms with Crippen molar-refractivity contribution in [2.75, 3.05) is 6.54 Å². The second-order valence-electron chi connectivity index (χ2n) is 4.43. The van der Waals surface area contributed by atoms with E-state index in [4.69, 9.17) is 10.5 Å². The summed E-state index contributed by atoms with van der Waals surface area (Å²) in [4.78, 5) is 12.0. The Balaban J connectivity index is 0.00000324. The summed E-state index contributed by atoms with van der Waals surface area (Å²) >= 11 is 0. The van der Waals surface area contributed by atoms with Crippen molar-refractivity contribution in [1.82, 2.24) is 5.32 Å². The molecule has 0 aliphatic rings. The first-order chi connectivity index (χ1) is 8.58. The topological polar surface area (TPSA) is 64.3 Å². The Morgan fingerprint density at radius 2 is 2.05 bits per heavy atom. The van der Waals surface area contributed by atoms with Gasteiger partial charge in [0, 0.05) is 12.6 Å². The van der Waals surface area contributed by atoms with E-state index in [-0.39, 0.29) is 24.4 Å². The molecule has 0 radical (unpaired) electrons. The molecule has 1 amide bonds. The van der Waals surface area contributed by atoms with Gasteiger partial charge >= 0.3 is 0 Å². The zero-order chi connectivity index (χ0) is 13.5. The number of halogens is 1. The van der Waals surface area contributed by atoms with Crippen LogP contribution in [0.25, 0.3) is 0 Å². The Hall–Kier alpha value is -1.26. The fourth-order valence-electron chi connectivity index (χ4n) is 1.56. The second-order valence-corrected chi connectivity index (χ2v) is 4.43. The number of hydrogen-bond donors (Lipinski definition) is 2. The van der Waals surface area contributed by atoms with Crippen LogP contribution in [0.2, 0.25) is 0 Å². The number of aryl methyl sites for hydroxylation is 1. The van der Waals surface area contributed by atoms with E-state index in [1.165, 1.54) is 0 Å². The van der Waals surface area contributed by atoms with Gasteiger partial charge in [-0.2, -0.15) is 0 Å². The summed E-state index contributed by atoms with van der Waals surface area (Å²) in [5.74, 6) is 0.638. The molecule has 0 bridgehead atoms. The first kappa shape index (κ1) is 17.7. The van der Waals surface area contributed by atoms with Crippen LogP contribution in [-0.2, 0) is 4.79 Å². The minimum absolute atomic E-state index is 0. The quantitative estimate of drug-likeness (QED) is 0.841. The molecule has 0 spiro atoms. The summed E-state index contributed by atoms with van der Waals surface area (Å²) in [6, 6.07) is 7.64. The van der Waals surface area contributed by atoms with Crippen LogP contribution in [0.15, 0.2) is 24.3 Å². The largest absolute Gasteiger partial charge is 0.480 e. The van der Waals surface area contributed by atoms with Gasteiger partial charge in [0.05, 0.1) is 0 Å². The Bertz CT molecular complexity index is 399. The van der Waals surface area contributed by atoms with Crippen LogP contribution >= 0.6 is 12.4 Å². The zero-order valence-electron chi connectivity index (χ0n) is 11.7. The van der Waals surface area contributed by atoms with Crippen LogP contribution in [0.3, 0.4) is 0 Å². The van der Waals surface area contributed by atoms with Crippen molar-refractivity contribution in [1.29, 1.82) is 0 Å². The Kier molecular flexibility index (Phi) is 8.19. The van der Waals surface area contributed by atoms with Gasteiger partial charge in [-0.05, 0) is 31.9 Å². The van der Waals surface area contributed by atoms with Crippen LogP contribution in [0.1, 0.15) is 25.8 Å². The molecular formula is C14H23ClN2O2. The summed E-state index contributed by atoms with van der Waals surface area (Å²) < 4.78 is 5.75. The van der Waals surface area contributed by atoms with Crippen molar-refractivity contribution in [2.24, 2.45) is 5.73 Å². The lowest BCUT2D eigenvalue weighted by Crippen LogP contribution is -2.45. The van der Waals surface area contributed by atoms with E-state index in [2.05, 4.69) is 5.32 Å². The van der Waals surface area contributed by atoms with E-state index >= 15 is 0 Å². The van der Waals surface area contributed by atoms with Crippen molar-refractivity contribution in [3.63, 3.8) is 0 Å². The van der Waals surface area contributed by atoms with Gasteiger partial charge in [0.1, 0.15) is 5.75 Å². The highest BCUT2D eigenvalue weighted by molar-refractivity contribution is 5.85. The minimum atomic E-state index is -0.472. The summed E-state index contributed by atoms with van der Waals surface area (Å²) in [6.07, 6.45) is 0.150. The highest BCUT2D eigenvalue weighted by Crippen LogP contribution is 2.18. The maximum atomic E-state index is 12.0. The predicted molar refractivity (Wildman–Crippen MR) is 79.8 cm³/mol. The summed E-state index contributed by atoms with van der Waals surface area (Å²) in [5.41, 5.74) is 6.51. The molecule has 1 rings (SSSR count). The molecule has 1 aromatic carbocycles. The van der Waals surface area contributed by atoms with E-state index in [0.717, 1.165) is 11.3 Å². The molecule has 0 saturated heterocycles. The number of benzene rings is 1. The Labute approximate surface area is 121 Å². The van der Waals surface area contributed by atoms with E-state index in [0.29, 0.717) is 13.0 Å². The molecule has 1 unspecified atom stereocenters. The Morgan fingerprint density at radius 1 is 1.42 bits per heavy atom. The Morgan fingerprint density at radius 3 is 2.58 bits per heavy atom. The summed E-state index contributed by atoms with van der Waals surface area (Å²) in [5, 5.41) is 2.83. The smallest absolute Gasteiger partial charge is 0.261 e. The number of nitrogens with two attached hydrogens (primary N) is 1. The number of amides is 1. The van der Waals surface area contributed by atoms with Gasteiger partial charge in [0.25, 0.3) is 5.91 Å². The third-order valence-corrected chi connectivity index (χ3v) is 2.77. The van der Waals surface area contributed by atoms with Gasteiger partial charge in [0.2, 0.25) is 0 Å². The molecule has 19 heavy (non-hydrogen) atoms. The van der Waals surface area contributed by atoms with Crippen molar-refractivity contribution in [3.05, 3.63) is 29.8 Å². The highest BCUT2D eigenvalue weighted by atomic mass is 35.5. The number of rotatable bonds is 6. The van der Waals surface area contributed by atoms with Gasteiger partial charge in [0.15, 0.2) is 6.10 Å². The molecule has 1 aromatic rings. The third kappa shape index (κ3) is 5.49. The zero-order valence-corrected chi connectivity index (χ0v) is 12.5. The predicted octanol–water partition coefficient (Wildman–Crippen LogP) is 2.04. The number of nitrogens with one attached hydrogen (secondary N) is 1. The first-order valence-corrected chi connectivity index (χ1v) is 6.31. The fraction of sp³-hybridized carbons (Fsp3) is 0.500. The number of hydrogen-bond acceptors (Lipinski definition) is 3. The fourth-order valence-corrected chi connectivity index (χ4v) is 1.56. The van der Waals surface area contributed by atoms with Crippen LogP contribution in [0.5, 0.6) is 5.75 Å². The van der Waals surface area contributed by atoms with E-state index in [1.807, 2.05) is 45.0 Å². The lowest BCUT2D eigenvalue weighted by molar-refractivity contribution is -0.128. The van der Waals surface area contributed by atoms with Gasteiger partial charge in [-0.1, -0.05) is 25.1 Å². The number of carbonyl (C=O) groups excluding carboxylic acids is 1. The van der Waals surface area contributed by atoms with Gasteiger partial charge in [-0.3, -0.25) is 4.79 Å². The lowest BCUT2D eigenvalue weighted by Gasteiger charge is -2.20. The molecule has 0 heterocycles. The first-order valence-electron chi connectivity index (χ1n) is 6.31. The average molecular weight is 287 g/mol. The van der Waals surface area contributed by atoms with E-state index in [1.54, 1.807) is 0 Å². The van der Waals surface area contributed by atoms with Crippen LogP contribution < -0.4 is 15.8 Å². The number of carbonyl (C=O) groups is 1. The third-order valence-electron chi connectivity index (χ3n) is 2.77. The molecule has 2 atom stereocenters. The van der Waals surface area contributed by atoms with Gasteiger partial charge < -0.3 is 15.8 Å². The molecule has 0 aromatic heterocycles. The molecule has 5 heteroatoms.